The van der Waals surface area contributed by atoms with Gasteiger partial charge in [-0.3, -0.25) is 0 Å². The molecule has 1 aromatic heterocycles. The second-order valence-corrected chi connectivity index (χ2v) is 6.96. The topological polar surface area (TPSA) is 59.4 Å². The molecule has 0 saturated carbocycles. The summed E-state index contributed by atoms with van der Waals surface area (Å²) in [5.74, 6) is -0.171. The van der Waals surface area contributed by atoms with Crippen LogP contribution in [0.2, 0.25) is 0 Å². The number of aromatic nitrogens is 1. The molecule has 0 aliphatic rings. The molecule has 0 aliphatic heterocycles. The molecule has 2 aromatic rings. The molecule has 1 aromatic carbocycles. The largest absolute Gasteiger partial charge is 0.478 e. The lowest BCUT2D eigenvalue weighted by Gasteiger charge is -2.06. The lowest BCUT2D eigenvalue weighted by Crippen LogP contribution is -1.99. The van der Waals surface area contributed by atoms with Gasteiger partial charge in [0.2, 0.25) is 5.88 Å². The molecule has 0 radical (unpaired) electrons. The second-order valence-electron chi connectivity index (χ2n) is 6.96. The molecule has 4 nitrogen and oxygen atoms in total. The molecular weight excluding hydrogens is 350 g/mol. The molecule has 0 amide bonds. The van der Waals surface area contributed by atoms with Crippen molar-refractivity contribution in [3.8, 4) is 5.88 Å². The Kier molecular flexibility index (Phi) is 9.84. The highest BCUT2D eigenvalue weighted by Crippen LogP contribution is 2.16. The fourth-order valence-corrected chi connectivity index (χ4v) is 3.08. The maximum atomic E-state index is 10.8. The van der Waals surface area contributed by atoms with Crippen molar-refractivity contribution in [2.75, 3.05) is 6.61 Å². The summed E-state index contributed by atoms with van der Waals surface area (Å²) in [5.41, 5.74) is 1.86. The Balaban J connectivity index is 1.54. The highest BCUT2D eigenvalue weighted by atomic mass is 16.5. The normalized spacial score (nSPS) is 12.0. The number of carbonyl (C=O) groups is 1. The fraction of sp³-hybridized carbons (Fsp3) is 0.417. The average molecular weight is 382 g/mol. The first-order valence-corrected chi connectivity index (χ1v) is 10.3. The van der Waals surface area contributed by atoms with Crippen LogP contribution in [0.15, 0.2) is 60.2 Å². The maximum absolute atomic E-state index is 10.8. The van der Waals surface area contributed by atoms with Crippen molar-refractivity contribution in [2.45, 2.75) is 58.3 Å². The number of carboxylic acids is 1. The molecule has 0 aliphatic carbocycles. The molecular formula is C24H31NO3. The molecule has 0 saturated heterocycles. The number of para-hydroxylation sites is 1. The number of benzene rings is 1. The van der Waals surface area contributed by atoms with Crippen LogP contribution in [0.25, 0.3) is 10.9 Å². The molecule has 28 heavy (non-hydrogen) atoms. The molecule has 4 heteroatoms. The Morgan fingerprint density at radius 3 is 2.68 bits per heavy atom. The molecule has 0 unspecified atom stereocenters. The number of rotatable bonds is 13. The second kappa shape index (κ2) is 12.7. The molecule has 1 N–H and O–H groups in total. The van der Waals surface area contributed by atoms with Crippen LogP contribution in [0.4, 0.5) is 0 Å². The predicted octanol–water partition coefficient (Wildman–Crippen LogP) is 6.32. The Hall–Kier alpha value is -2.62. The molecule has 1 heterocycles. The van der Waals surface area contributed by atoms with Gasteiger partial charge in [-0.2, -0.15) is 0 Å². The number of ether oxygens (including phenoxy) is 1. The maximum Gasteiger partial charge on any atom is 0.328 e. The number of hydrogen-bond donors (Lipinski definition) is 1. The Bertz CT molecular complexity index is 795. The first kappa shape index (κ1) is 21.7. The number of allylic oxidation sites excluding steroid dienone is 3. The van der Waals surface area contributed by atoms with Gasteiger partial charge in [0.15, 0.2) is 0 Å². The highest BCUT2D eigenvalue weighted by molar-refractivity contribution is 5.81. The Morgan fingerprint density at radius 2 is 1.86 bits per heavy atom. The number of unbranched alkanes of at least 4 members (excludes halogenated alkanes) is 5. The van der Waals surface area contributed by atoms with E-state index in [1.165, 1.54) is 18.9 Å². The van der Waals surface area contributed by atoms with Crippen molar-refractivity contribution < 1.29 is 14.6 Å². The SMILES string of the molecule is CCCC(C=CCCCCCCCOc1ccc2ccccc2n1)=CC(=O)O. The lowest BCUT2D eigenvalue weighted by atomic mass is 10.1. The van der Waals surface area contributed by atoms with E-state index in [0.29, 0.717) is 12.5 Å². The summed E-state index contributed by atoms with van der Waals surface area (Å²) in [4.78, 5) is 15.3. The van der Waals surface area contributed by atoms with Gasteiger partial charge in [-0.25, -0.2) is 9.78 Å². The number of pyridine rings is 1. The summed E-state index contributed by atoms with van der Waals surface area (Å²) in [6, 6.07) is 12.0. The van der Waals surface area contributed by atoms with Crippen molar-refractivity contribution in [1.29, 1.82) is 0 Å². The summed E-state index contributed by atoms with van der Waals surface area (Å²) in [7, 11) is 0. The summed E-state index contributed by atoms with van der Waals surface area (Å²) in [6.45, 7) is 2.76. The third kappa shape index (κ3) is 8.38. The number of hydrogen-bond acceptors (Lipinski definition) is 3. The monoisotopic (exact) mass is 381 g/mol. The minimum atomic E-state index is -0.866. The predicted molar refractivity (Wildman–Crippen MR) is 115 cm³/mol. The van der Waals surface area contributed by atoms with Crippen molar-refractivity contribution in [3.05, 3.63) is 60.2 Å². The number of carboxylic acid groups (broad SMARTS) is 1. The van der Waals surface area contributed by atoms with E-state index in [-0.39, 0.29) is 0 Å². The van der Waals surface area contributed by atoms with E-state index < -0.39 is 5.97 Å². The smallest absolute Gasteiger partial charge is 0.328 e. The van der Waals surface area contributed by atoms with Crippen molar-refractivity contribution in [2.24, 2.45) is 0 Å². The third-order valence-corrected chi connectivity index (χ3v) is 4.52. The fourth-order valence-electron chi connectivity index (χ4n) is 3.08. The van der Waals surface area contributed by atoms with Crippen LogP contribution in [0.5, 0.6) is 5.88 Å². The van der Waals surface area contributed by atoms with E-state index in [1.807, 2.05) is 42.5 Å². The summed E-state index contributed by atoms with van der Waals surface area (Å²) in [5, 5.41) is 9.98. The minimum Gasteiger partial charge on any atom is -0.478 e. The van der Waals surface area contributed by atoms with Crippen LogP contribution in [-0.4, -0.2) is 22.7 Å². The highest BCUT2D eigenvalue weighted by Gasteiger charge is 1.99. The van der Waals surface area contributed by atoms with E-state index in [1.54, 1.807) is 0 Å². The average Bonchev–Trinajstić information content (AvgIpc) is 2.69. The third-order valence-electron chi connectivity index (χ3n) is 4.52. The van der Waals surface area contributed by atoms with Crippen LogP contribution in [0.1, 0.15) is 58.3 Å². The van der Waals surface area contributed by atoms with Crippen LogP contribution in [-0.2, 0) is 4.79 Å². The van der Waals surface area contributed by atoms with Crippen LogP contribution in [0.3, 0.4) is 0 Å². The number of aliphatic carboxylic acids is 1. The van der Waals surface area contributed by atoms with Gasteiger partial charge in [0.25, 0.3) is 0 Å². The lowest BCUT2D eigenvalue weighted by molar-refractivity contribution is -0.131. The molecule has 2 rings (SSSR count). The van der Waals surface area contributed by atoms with Gasteiger partial charge in [-0.05, 0) is 43.4 Å². The van der Waals surface area contributed by atoms with Crippen molar-refractivity contribution in [1.82, 2.24) is 4.98 Å². The van der Waals surface area contributed by atoms with Crippen molar-refractivity contribution in [3.63, 3.8) is 0 Å². The molecule has 0 fully saturated rings. The van der Waals surface area contributed by atoms with Crippen LogP contribution >= 0.6 is 0 Å². The zero-order chi connectivity index (χ0) is 20.0. The van der Waals surface area contributed by atoms with E-state index in [4.69, 9.17) is 9.84 Å². The van der Waals surface area contributed by atoms with Gasteiger partial charge < -0.3 is 9.84 Å². The molecule has 0 atom stereocenters. The Morgan fingerprint density at radius 1 is 1.07 bits per heavy atom. The van der Waals surface area contributed by atoms with Gasteiger partial charge in [-0.1, -0.05) is 63.0 Å². The quantitative estimate of drug-likeness (QED) is 0.250. The zero-order valence-electron chi connectivity index (χ0n) is 16.8. The number of fused-ring (bicyclic) bond motifs is 1. The first-order chi connectivity index (χ1) is 13.7. The van der Waals surface area contributed by atoms with Gasteiger partial charge in [0.1, 0.15) is 0 Å². The minimum absolute atomic E-state index is 0.695. The van der Waals surface area contributed by atoms with Crippen molar-refractivity contribution >= 4 is 16.9 Å². The molecule has 0 bridgehead atoms. The first-order valence-electron chi connectivity index (χ1n) is 10.3. The van der Waals surface area contributed by atoms with Crippen LogP contribution < -0.4 is 4.74 Å². The molecule has 150 valence electrons. The van der Waals surface area contributed by atoms with Gasteiger partial charge in [0.05, 0.1) is 12.1 Å². The summed E-state index contributed by atoms with van der Waals surface area (Å²) >= 11 is 0. The van der Waals surface area contributed by atoms with E-state index in [0.717, 1.165) is 55.0 Å². The summed E-state index contributed by atoms with van der Waals surface area (Å²) < 4.78 is 5.76. The van der Waals surface area contributed by atoms with Crippen LogP contribution in [0, 0.1) is 0 Å². The van der Waals surface area contributed by atoms with Gasteiger partial charge in [-0.15, -0.1) is 0 Å². The zero-order valence-corrected chi connectivity index (χ0v) is 16.8. The Labute approximate surface area is 167 Å². The summed E-state index contributed by atoms with van der Waals surface area (Å²) in [6.07, 6.45) is 13.8. The molecule has 0 spiro atoms. The van der Waals surface area contributed by atoms with E-state index in [2.05, 4.69) is 18.0 Å². The van der Waals surface area contributed by atoms with E-state index >= 15 is 0 Å². The van der Waals surface area contributed by atoms with Gasteiger partial charge >= 0.3 is 5.97 Å². The van der Waals surface area contributed by atoms with Gasteiger partial charge in [0, 0.05) is 17.5 Å². The number of nitrogens with zero attached hydrogens (tertiary/aromatic N) is 1. The standard InChI is InChI=1S/C24H31NO3/c1-2-12-20(19-24(26)27)13-8-6-4-3-5-7-11-18-28-23-17-16-21-14-9-10-15-22(21)25-23/h8-10,13-17,19H,2-7,11-12,18H2,1H3,(H,26,27). The van der Waals surface area contributed by atoms with E-state index in [9.17, 15) is 4.79 Å².